The van der Waals surface area contributed by atoms with E-state index in [-0.39, 0.29) is 6.54 Å². The third-order valence-corrected chi connectivity index (χ3v) is 3.56. The normalized spacial score (nSPS) is 11.4. The van der Waals surface area contributed by atoms with Crippen LogP contribution in [0.2, 0.25) is 5.02 Å². The average Bonchev–Trinajstić information content (AvgIpc) is 2.54. The lowest BCUT2D eigenvalue weighted by Gasteiger charge is -2.12. The molecule has 0 saturated carbocycles. The number of halogens is 1. The zero-order chi connectivity index (χ0) is 16.8. The van der Waals surface area contributed by atoms with E-state index in [1.807, 2.05) is 13.0 Å². The molecule has 0 unspecified atom stereocenters. The molecule has 0 radical (unpaired) electrons. The van der Waals surface area contributed by atoms with Gasteiger partial charge in [-0.25, -0.2) is 9.72 Å². The molecule has 0 aliphatic heterocycles. The summed E-state index contributed by atoms with van der Waals surface area (Å²) in [6.07, 6.45) is 2.16. The number of aryl methyl sites for hydroxylation is 1. The van der Waals surface area contributed by atoms with E-state index in [0.717, 1.165) is 16.9 Å². The highest BCUT2D eigenvalue weighted by molar-refractivity contribution is 6.30. The van der Waals surface area contributed by atoms with Crippen LogP contribution in [0.4, 0.5) is 0 Å². The van der Waals surface area contributed by atoms with Gasteiger partial charge in [0.15, 0.2) is 6.54 Å². The van der Waals surface area contributed by atoms with Crippen LogP contribution in [-0.4, -0.2) is 30.2 Å². The number of benzene rings is 1. The maximum absolute atomic E-state index is 12.3. The second kappa shape index (κ2) is 7.83. The molecule has 5 nitrogen and oxygen atoms in total. The first-order valence-corrected chi connectivity index (χ1v) is 7.60. The van der Waals surface area contributed by atoms with Gasteiger partial charge in [-0.05, 0) is 30.7 Å². The SMILES string of the molecule is CCc1cc(Cl)cc(/C=[N+](\[O-])Cc2c(OC)cccc2OC)n1. The number of hydroxylamine groups is 1. The van der Waals surface area contributed by atoms with E-state index < -0.39 is 0 Å². The average molecular weight is 335 g/mol. The summed E-state index contributed by atoms with van der Waals surface area (Å²) in [5, 5.41) is 12.9. The standard InChI is InChI=1S/C17H19ClN2O3/c1-4-13-8-12(18)9-14(19-13)10-20(21)11-15-16(22-2)6-5-7-17(15)23-3/h5-10H,4,11H2,1-3H3/b20-10-. The monoisotopic (exact) mass is 334 g/mol. The number of hydrogen-bond acceptors (Lipinski definition) is 4. The molecule has 23 heavy (non-hydrogen) atoms. The van der Waals surface area contributed by atoms with Crippen LogP contribution in [0.1, 0.15) is 23.9 Å². The fraction of sp³-hybridized carbons (Fsp3) is 0.294. The Morgan fingerprint density at radius 1 is 1.22 bits per heavy atom. The topological polar surface area (TPSA) is 57.4 Å². The number of hydrogen-bond donors (Lipinski definition) is 0. The van der Waals surface area contributed by atoms with E-state index in [4.69, 9.17) is 21.1 Å². The van der Waals surface area contributed by atoms with E-state index >= 15 is 0 Å². The zero-order valence-corrected chi connectivity index (χ0v) is 14.1. The van der Waals surface area contributed by atoms with Gasteiger partial charge in [-0.3, -0.25) is 0 Å². The predicted molar refractivity (Wildman–Crippen MR) is 90.7 cm³/mol. The van der Waals surface area contributed by atoms with Crippen molar-refractivity contribution in [2.45, 2.75) is 19.9 Å². The molecule has 1 aromatic carbocycles. The fourth-order valence-corrected chi connectivity index (χ4v) is 2.49. The van der Waals surface area contributed by atoms with Crippen molar-refractivity contribution < 1.29 is 14.2 Å². The predicted octanol–water partition coefficient (Wildman–Crippen LogP) is 3.44. The van der Waals surface area contributed by atoms with E-state index in [9.17, 15) is 5.21 Å². The Balaban J connectivity index is 2.32. The molecular formula is C17H19ClN2O3. The molecule has 1 heterocycles. The van der Waals surface area contributed by atoms with Crippen LogP contribution >= 0.6 is 11.6 Å². The number of pyridine rings is 1. The maximum Gasteiger partial charge on any atom is 0.200 e. The van der Waals surface area contributed by atoms with Crippen LogP contribution in [0.15, 0.2) is 30.3 Å². The number of nitrogens with zero attached hydrogens (tertiary/aromatic N) is 2. The Hall–Kier alpha value is -2.27. The minimum absolute atomic E-state index is 0.0861. The van der Waals surface area contributed by atoms with Crippen molar-refractivity contribution >= 4 is 17.8 Å². The molecule has 2 aromatic rings. The lowest BCUT2D eigenvalue weighted by molar-refractivity contribution is -0.469. The number of rotatable bonds is 6. The summed E-state index contributed by atoms with van der Waals surface area (Å²) in [4.78, 5) is 4.37. The minimum atomic E-state index is 0.0861. The Kier molecular flexibility index (Phi) is 5.82. The van der Waals surface area contributed by atoms with Crippen molar-refractivity contribution in [3.05, 3.63) is 57.5 Å². The fourth-order valence-electron chi connectivity index (χ4n) is 2.25. The molecule has 2 rings (SSSR count). The summed E-state index contributed by atoms with van der Waals surface area (Å²) in [6.45, 7) is 2.07. The van der Waals surface area contributed by atoms with Crippen LogP contribution in [0.3, 0.4) is 0 Å². The van der Waals surface area contributed by atoms with Crippen LogP contribution in [-0.2, 0) is 13.0 Å². The molecule has 0 amide bonds. The number of aromatic nitrogens is 1. The van der Waals surface area contributed by atoms with Crippen molar-refractivity contribution in [1.29, 1.82) is 0 Å². The van der Waals surface area contributed by atoms with Gasteiger partial charge in [-0.15, -0.1) is 0 Å². The quantitative estimate of drug-likeness (QED) is 0.351. The second-order valence-electron chi connectivity index (χ2n) is 4.90. The summed E-state index contributed by atoms with van der Waals surface area (Å²) in [7, 11) is 3.12. The third-order valence-electron chi connectivity index (χ3n) is 3.35. The second-order valence-corrected chi connectivity index (χ2v) is 5.34. The Labute approximate surface area is 140 Å². The molecule has 6 heteroatoms. The highest BCUT2D eigenvalue weighted by Crippen LogP contribution is 2.28. The molecule has 0 aliphatic carbocycles. The molecule has 0 fully saturated rings. The third kappa shape index (κ3) is 4.36. The summed E-state index contributed by atoms with van der Waals surface area (Å²) in [5.74, 6) is 1.21. The summed E-state index contributed by atoms with van der Waals surface area (Å²) in [5.41, 5.74) is 2.05. The summed E-state index contributed by atoms with van der Waals surface area (Å²) >= 11 is 6.05. The smallest absolute Gasteiger partial charge is 0.200 e. The van der Waals surface area contributed by atoms with Gasteiger partial charge < -0.3 is 14.7 Å². The van der Waals surface area contributed by atoms with Gasteiger partial charge >= 0.3 is 0 Å². The van der Waals surface area contributed by atoms with Crippen LogP contribution in [0.25, 0.3) is 0 Å². The molecule has 1 aromatic heterocycles. The highest BCUT2D eigenvalue weighted by atomic mass is 35.5. The van der Waals surface area contributed by atoms with Gasteiger partial charge in [-0.2, -0.15) is 0 Å². The molecule has 0 atom stereocenters. The van der Waals surface area contributed by atoms with Gasteiger partial charge in [0, 0.05) is 10.7 Å². The molecule has 0 N–H and O–H groups in total. The van der Waals surface area contributed by atoms with Crippen molar-refractivity contribution in [2.75, 3.05) is 14.2 Å². The van der Waals surface area contributed by atoms with Gasteiger partial charge in [0.1, 0.15) is 22.8 Å². The molecular weight excluding hydrogens is 316 g/mol. The lowest BCUT2D eigenvalue weighted by atomic mass is 10.1. The molecule has 122 valence electrons. The number of methoxy groups -OCH3 is 2. The Bertz CT molecular complexity index is 695. The van der Waals surface area contributed by atoms with Crippen LogP contribution < -0.4 is 9.47 Å². The molecule has 0 spiro atoms. The van der Waals surface area contributed by atoms with Gasteiger partial charge in [-0.1, -0.05) is 24.6 Å². The Morgan fingerprint density at radius 3 is 2.43 bits per heavy atom. The largest absolute Gasteiger partial charge is 0.623 e. The van der Waals surface area contributed by atoms with Gasteiger partial charge in [0.2, 0.25) is 6.21 Å². The molecule has 0 aliphatic rings. The van der Waals surface area contributed by atoms with Crippen molar-refractivity contribution in [3.63, 3.8) is 0 Å². The molecule has 0 saturated heterocycles. The van der Waals surface area contributed by atoms with Crippen molar-refractivity contribution in [3.8, 4) is 11.5 Å². The van der Waals surface area contributed by atoms with Gasteiger partial charge in [0.05, 0.1) is 14.2 Å². The van der Waals surface area contributed by atoms with Crippen LogP contribution in [0, 0.1) is 5.21 Å². The minimum Gasteiger partial charge on any atom is -0.623 e. The first-order chi connectivity index (χ1) is 11.1. The first-order valence-electron chi connectivity index (χ1n) is 7.22. The summed E-state index contributed by atoms with van der Waals surface area (Å²) in [6, 6.07) is 8.84. The lowest BCUT2D eigenvalue weighted by Crippen LogP contribution is -2.09. The van der Waals surface area contributed by atoms with E-state index in [0.29, 0.717) is 27.8 Å². The van der Waals surface area contributed by atoms with Crippen molar-refractivity contribution in [2.24, 2.45) is 0 Å². The molecule has 0 bridgehead atoms. The zero-order valence-electron chi connectivity index (χ0n) is 13.4. The van der Waals surface area contributed by atoms with Gasteiger partial charge in [0.25, 0.3) is 0 Å². The van der Waals surface area contributed by atoms with E-state index in [1.165, 1.54) is 6.21 Å². The summed E-state index contributed by atoms with van der Waals surface area (Å²) < 4.78 is 11.4. The maximum atomic E-state index is 12.3. The highest BCUT2D eigenvalue weighted by Gasteiger charge is 2.13. The van der Waals surface area contributed by atoms with Crippen molar-refractivity contribution in [1.82, 2.24) is 4.98 Å². The van der Waals surface area contributed by atoms with E-state index in [2.05, 4.69) is 4.98 Å². The first kappa shape index (κ1) is 17.1. The van der Waals surface area contributed by atoms with E-state index in [1.54, 1.807) is 38.5 Å². The van der Waals surface area contributed by atoms with Crippen LogP contribution in [0.5, 0.6) is 11.5 Å². The number of ether oxygens (including phenoxy) is 2. The Morgan fingerprint density at radius 2 is 1.87 bits per heavy atom.